The maximum Gasteiger partial charge on any atom is 0.354 e. The normalized spacial score (nSPS) is 13.6. The van der Waals surface area contributed by atoms with Crippen LogP contribution in [0.25, 0.3) is 0 Å². The summed E-state index contributed by atoms with van der Waals surface area (Å²) in [5.41, 5.74) is -0.605. The monoisotopic (exact) mass is 303 g/mol. The van der Waals surface area contributed by atoms with Gasteiger partial charge in [0.25, 0.3) is 0 Å². The number of aliphatic hydroxyl groups excluding tert-OH is 2. The summed E-state index contributed by atoms with van der Waals surface area (Å²) in [7, 11) is 0. The number of hydrogen-bond acceptors (Lipinski definition) is 6. The molecule has 0 aliphatic carbocycles. The number of carbonyl (C=O) groups excluding carboxylic acids is 1. The Balaban J connectivity index is 2.93. The summed E-state index contributed by atoms with van der Waals surface area (Å²) in [6.45, 7) is 1.75. The number of nitrogens with zero attached hydrogens (tertiary/aromatic N) is 1. The average Bonchev–Trinajstić information content (AvgIpc) is 2.37. The van der Waals surface area contributed by atoms with Gasteiger partial charge in [-0.25, -0.2) is 9.78 Å². The lowest BCUT2D eigenvalue weighted by Gasteiger charge is -2.18. The molecule has 8 heteroatoms. The molecule has 1 aromatic rings. The summed E-state index contributed by atoms with van der Waals surface area (Å²) in [5, 5.41) is 28.6. The van der Waals surface area contributed by atoms with Gasteiger partial charge in [0.2, 0.25) is 0 Å². The van der Waals surface area contributed by atoms with Gasteiger partial charge in [-0.15, -0.1) is 0 Å². The Morgan fingerprint density at radius 1 is 1.40 bits per heavy atom. The predicted molar refractivity (Wildman–Crippen MR) is 68.4 cm³/mol. The largest absolute Gasteiger partial charge is 0.476 e. The summed E-state index contributed by atoms with van der Waals surface area (Å²) in [5.74, 6) is -2.09. The van der Waals surface area contributed by atoms with Crippen LogP contribution in [0.2, 0.25) is 5.15 Å². The maximum atomic E-state index is 11.2. The summed E-state index contributed by atoms with van der Waals surface area (Å²) in [4.78, 5) is 25.8. The molecule has 0 aromatic carbocycles. The number of ether oxygens (including phenoxy) is 1. The van der Waals surface area contributed by atoms with Crippen LogP contribution >= 0.6 is 11.6 Å². The highest BCUT2D eigenvalue weighted by Gasteiger charge is 2.27. The SMILES string of the molecule is CCOC(=O)CC(O)C(O)c1ccc(Cl)nc1C(=O)O. The molecule has 0 radical (unpaired) electrons. The highest BCUT2D eigenvalue weighted by molar-refractivity contribution is 6.29. The minimum Gasteiger partial charge on any atom is -0.476 e. The van der Waals surface area contributed by atoms with Crippen molar-refractivity contribution in [2.24, 2.45) is 0 Å². The van der Waals surface area contributed by atoms with E-state index in [1.54, 1.807) is 6.92 Å². The van der Waals surface area contributed by atoms with Gasteiger partial charge in [-0.05, 0) is 13.0 Å². The molecule has 1 rings (SSSR count). The first-order chi connectivity index (χ1) is 9.36. The second-order valence-corrected chi connectivity index (χ2v) is 4.29. The molecule has 0 aliphatic rings. The Labute approximate surface area is 119 Å². The number of rotatable bonds is 6. The Morgan fingerprint density at radius 3 is 2.60 bits per heavy atom. The van der Waals surface area contributed by atoms with E-state index in [0.717, 1.165) is 0 Å². The van der Waals surface area contributed by atoms with Gasteiger partial charge < -0.3 is 20.1 Å². The fourth-order valence-corrected chi connectivity index (χ4v) is 1.71. The first-order valence-corrected chi connectivity index (χ1v) is 6.16. The van der Waals surface area contributed by atoms with Crippen LogP contribution in [0.15, 0.2) is 12.1 Å². The van der Waals surface area contributed by atoms with E-state index in [0.29, 0.717) is 0 Å². The first kappa shape index (κ1) is 16.4. The summed E-state index contributed by atoms with van der Waals surface area (Å²) >= 11 is 5.58. The number of carboxylic acid groups (broad SMARTS) is 1. The van der Waals surface area contributed by atoms with Gasteiger partial charge in [0.1, 0.15) is 11.3 Å². The number of halogens is 1. The first-order valence-electron chi connectivity index (χ1n) is 5.78. The second kappa shape index (κ2) is 7.18. The number of pyridine rings is 1. The van der Waals surface area contributed by atoms with Crippen molar-refractivity contribution in [2.75, 3.05) is 6.61 Å². The Bertz CT molecular complexity index is 507. The van der Waals surface area contributed by atoms with E-state index in [-0.39, 0.29) is 17.3 Å². The van der Waals surface area contributed by atoms with Crippen molar-refractivity contribution >= 4 is 23.5 Å². The van der Waals surface area contributed by atoms with Crippen LogP contribution < -0.4 is 0 Å². The molecule has 0 bridgehead atoms. The van der Waals surface area contributed by atoms with Crippen LogP contribution in [0.3, 0.4) is 0 Å². The molecule has 2 atom stereocenters. The molecular weight excluding hydrogens is 290 g/mol. The zero-order valence-corrected chi connectivity index (χ0v) is 11.4. The molecule has 0 aliphatic heterocycles. The molecular formula is C12H14ClNO6. The van der Waals surface area contributed by atoms with Gasteiger partial charge in [0.15, 0.2) is 5.69 Å². The zero-order valence-electron chi connectivity index (χ0n) is 10.6. The number of carboxylic acids is 1. The van der Waals surface area contributed by atoms with E-state index in [1.165, 1.54) is 12.1 Å². The summed E-state index contributed by atoms with van der Waals surface area (Å²) < 4.78 is 4.63. The number of esters is 1. The highest BCUT2D eigenvalue weighted by atomic mass is 35.5. The van der Waals surface area contributed by atoms with Crippen LogP contribution in [0.5, 0.6) is 0 Å². The maximum absolute atomic E-state index is 11.2. The van der Waals surface area contributed by atoms with Crippen molar-refractivity contribution in [2.45, 2.75) is 25.6 Å². The molecule has 20 heavy (non-hydrogen) atoms. The van der Waals surface area contributed by atoms with Crippen molar-refractivity contribution in [3.63, 3.8) is 0 Å². The molecule has 110 valence electrons. The molecule has 7 nitrogen and oxygen atoms in total. The molecule has 1 aromatic heterocycles. The van der Waals surface area contributed by atoms with Crippen molar-refractivity contribution in [3.05, 3.63) is 28.5 Å². The molecule has 0 spiro atoms. The highest BCUT2D eigenvalue weighted by Crippen LogP contribution is 2.23. The van der Waals surface area contributed by atoms with E-state index < -0.39 is 36.3 Å². The van der Waals surface area contributed by atoms with Gasteiger partial charge in [-0.1, -0.05) is 17.7 Å². The molecule has 2 unspecified atom stereocenters. The molecule has 0 amide bonds. The zero-order chi connectivity index (χ0) is 15.3. The molecule has 0 saturated heterocycles. The van der Waals surface area contributed by atoms with Crippen LogP contribution in [0, 0.1) is 0 Å². The number of aromatic carboxylic acids is 1. The van der Waals surface area contributed by atoms with Gasteiger partial charge in [-0.3, -0.25) is 4.79 Å². The standard InChI is InChI=1S/C12H14ClNO6/c1-2-20-9(16)5-7(15)11(17)6-3-4-8(13)14-10(6)12(18)19/h3-4,7,11,15,17H,2,5H2,1H3,(H,18,19). The number of aliphatic hydroxyl groups is 2. The van der Waals surface area contributed by atoms with Gasteiger partial charge >= 0.3 is 11.9 Å². The smallest absolute Gasteiger partial charge is 0.354 e. The van der Waals surface area contributed by atoms with Crippen molar-refractivity contribution in [1.29, 1.82) is 0 Å². The summed E-state index contributed by atoms with van der Waals surface area (Å²) in [6.07, 6.45) is -3.55. The number of carbonyl (C=O) groups is 2. The lowest BCUT2D eigenvalue weighted by Crippen LogP contribution is -2.25. The summed E-state index contributed by atoms with van der Waals surface area (Å²) in [6, 6.07) is 2.52. The third-order valence-corrected chi connectivity index (χ3v) is 2.67. The van der Waals surface area contributed by atoms with E-state index in [1.807, 2.05) is 0 Å². The number of aromatic nitrogens is 1. The molecule has 0 saturated carbocycles. The van der Waals surface area contributed by atoms with Gasteiger partial charge in [-0.2, -0.15) is 0 Å². The number of hydrogen-bond donors (Lipinski definition) is 3. The van der Waals surface area contributed by atoms with Crippen LogP contribution in [0.4, 0.5) is 0 Å². The predicted octanol–water partition coefficient (Wildman–Crippen LogP) is 0.781. The lowest BCUT2D eigenvalue weighted by atomic mass is 10.0. The third kappa shape index (κ3) is 4.16. The van der Waals surface area contributed by atoms with Gasteiger partial charge in [0, 0.05) is 5.56 Å². The molecule has 0 fully saturated rings. The van der Waals surface area contributed by atoms with Gasteiger partial charge in [0.05, 0.1) is 19.1 Å². The fraction of sp³-hybridized carbons (Fsp3) is 0.417. The van der Waals surface area contributed by atoms with Crippen LogP contribution in [-0.2, 0) is 9.53 Å². The van der Waals surface area contributed by atoms with Crippen LogP contribution in [-0.4, -0.2) is 45.0 Å². The quantitative estimate of drug-likeness (QED) is 0.525. The Hall–Kier alpha value is -1.70. The molecule has 3 N–H and O–H groups in total. The van der Waals surface area contributed by atoms with Crippen molar-refractivity contribution in [1.82, 2.24) is 4.98 Å². The minimum absolute atomic E-state index is 0.0572. The minimum atomic E-state index is -1.59. The van der Waals surface area contributed by atoms with E-state index in [4.69, 9.17) is 16.7 Å². The molecule has 1 heterocycles. The van der Waals surface area contributed by atoms with E-state index >= 15 is 0 Å². The van der Waals surface area contributed by atoms with E-state index in [9.17, 15) is 19.8 Å². The third-order valence-electron chi connectivity index (χ3n) is 2.46. The Kier molecular flexibility index (Phi) is 5.87. The topological polar surface area (TPSA) is 117 Å². The average molecular weight is 304 g/mol. The van der Waals surface area contributed by atoms with Crippen LogP contribution in [0.1, 0.15) is 35.5 Å². The fourth-order valence-electron chi connectivity index (χ4n) is 1.57. The Morgan fingerprint density at radius 2 is 2.05 bits per heavy atom. The van der Waals surface area contributed by atoms with E-state index in [2.05, 4.69) is 9.72 Å². The van der Waals surface area contributed by atoms with Crippen molar-refractivity contribution < 1.29 is 29.6 Å². The second-order valence-electron chi connectivity index (χ2n) is 3.90. The van der Waals surface area contributed by atoms with Crippen molar-refractivity contribution in [3.8, 4) is 0 Å². The lowest BCUT2D eigenvalue weighted by molar-refractivity contribution is -0.147.